The first-order valence-corrected chi connectivity index (χ1v) is 7.60. The minimum Gasteiger partial charge on any atom is -0.456 e. The molecule has 1 fully saturated rings. The summed E-state index contributed by atoms with van der Waals surface area (Å²) in [6.45, 7) is 4.27. The third-order valence-electron chi connectivity index (χ3n) is 3.23. The molecule has 3 unspecified atom stereocenters. The molecular formula is C14H20N4O8. The van der Waals surface area contributed by atoms with Crippen molar-refractivity contribution in [2.24, 2.45) is 5.11 Å². The molecule has 0 aliphatic carbocycles. The van der Waals surface area contributed by atoms with Gasteiger partial charge in [0.05, 0.1) is 6.54 Å². The lowest BCUT2D eigenvalue weighted by Crippen LogP contribution is -2.66. The topological polar surface area (TPSA) is 166 Å². The molecule has 1 amide bonds. The van der Waals surface area contributed by atoms with Gasteiger partial charge in [-0.25, -0.2) is 0 Å². The zero-order valence-corrected chi connectivity index (χ0v) is 14.7. The average molecular weight is 372 g/mol. The molecule has 144 valence electrons. The highest BCUT2D eigenvalue weighted by Crippen LogP contribution is 2.28. The van der Waals surface area contributed by atoms with Crippen molar-refractivity contribution in [2.45, 2.75) is 58.3 Å². The molecule has 5 atom stereocenters. The standard InChI is InChI=1S/C14H20N4O8/c1-6(19)17-11-13(24-8(3)21)12(23-7(2)20)10(5-16-18-15)26-14(11)25-9(4)22/h10-14H,5H2,1-4H3,(H,17,19)/t10?,11?,12-,13?,14-/m1/s1. The molecule has 0 bridgehead atoms. The van der Waals surface area contributed by atoms with Crippen molar-refractivity contribution in [2.75, 3.05) is 6.54 Å². The van der Waals surface area contributed by atoms with Crippen LogP contribution >= 0.6 is 0 Å². The number of nitrogens with zero attached hydrogens (tertiary/aromatic N) is 3. The molecule has 1 aliphatic rings. The van der Waals surface area contributed by atoms with Crippen LogP contribution in [0.2, 0.25) is 0 Å². The van der Waals surface area contributed by atoms with E-state index in [1.165, 1.54) is 6.92 Å². The second-order valence-electron chi connectivity index (χ2n) is 5.44. The number of esters is 3. The Balaban J connectivity index is 3.32. The molecule has 0 radical (unpaired) electrons. The summed E-state index contributed by atoms with van der Waals surface area (Å²) in [5.41, 5.74) is 8.53. The molecule has 1 saturated heterocycles. The fourth-order valence-corrected chi connectivity index (χ4v) is 2.49. The number of nitrogens with one attached hydrogen (secondary N) is 1. The van der Waals surface area contributed by atoms with Gasteiger partial charge in [0.15, 0.2) is 12.2 Å². The van der Waals surface area contributed by atoms with E-state index in [0.29, 0.717) is 0 Å². The van der Waals surface area contributed by atoms with Crippen molar-refractivity contribution in [3.8, 4) is 0 Å². The maximum absolute atomic E-state index is 11.5. The van der Waals surface area contributed by atoms with Crippen molar-refractivity contribution in [3.63, 3.8) is 0 Å². The van der Waals surface area contributed by atoms with Crippen LogP contribution in [0.1, 0.15) is 27.7 Å². The normalized spacial score (nSPS) is 27.5. The van der Waals surface area contributed by atoms with E-state index < -0.39 is 54.5 Å². The first-order valence-electron chi connectivity index (χ1n) is 7.60. The zero-order valence-electron chi connectivity index (χ0n) is 14.7. The second-order valence-corrected chi connectivity index (χ2v) is 5.44. The van der Waals surface area contributed by atoms with Crippen LogP contribution in [0.25, 0.3) is 10.4 Å². The molecule has 1 N–H and O–H groups in total. The van der Waals surface area contributed by atoms with Gasteiger partial charge >= 0.3 is 17.9 Å². The van der Waals surface area contributed by atoms with Crippen LogP contribution in [0.5, 0.6) is 0 Å². The summed E-state index contributed by atoms with van der Waals surface area (Å²) < 4.78 is 21.0. The Kier molecular flexibility index (Phi) is 7.81. The number of carbonyl (C=O) groups excluding carboxylic acids is 4. The monoisotopic (exact) mass is 372 g/mol. The number of hydrogen-bond donors (Lipinski definition) is 1. The number of hydrogen-bond acceptors (Lipinski definition) is 9. The van der Waals surface area contributed by atoms with Gasteiger partial charge in [0.1, 0.15) is 12.1 Å². The Bertz CT molecular complexity index is 588. The number of rotatable bonds is 6. The summed E-state index contributed by atoms with van der Waals surface area (Å²) in [4.78, 5) is 48.5. The zero-order chi connectivity index (χ0) is 19.9. The summed E-state index contributed by atoms with van der Waals surface area (Å²) in [6.07, 6.45) is -4.87. The number of carbonyl (C=O) groups is 4. The predicted molar refractivity (Wildman–Crippen MR) is 83.2 cm³/mol. The van der Waals surface area contributed by atoms with Crippen molar-refractivity contribution in [1.82, 2.24) is 5.32 Å². The first kappa shape index (κ1) is 21.2. The van der Waals surface area contributed by atoms with Crippen LogP contribution in [0, 0.1) is 0 Å². The van der Waals surface area contributed by atoms with E-state index in [4.69, 9.17) is 24.5 Å². The maximum Gasteiger partial charge on any atom is 0.305 e. The van der Waals surface area contributed by atoms with E-state index in [1.54, 1.807) is 0 Å². The van der Waals surface area contributed by atoms with Gasteiger partial charge in [-0.2, -0.15) is 0 Å². The summed E-state index contributed by atoms with van der Waals surface area (Å²) in [6, 6.07) is -1.15. The Morgan fingerprint density at radius 1 is 1.00 bits per heavy atom. The lowest BCUT2D eigenvalue weighted by atomic mass is 9.95. The molecular weight excluding hydrogens is 352 g/mol. The third-order valence-corrected chi connectivity index (χ3v) is 3.23. The van der Waals surface area contributed by atoms with E-state index in [1.807, 2.05) is 0 Å². The average Bonchev–Trinajstić information content (AvgIpc) is 2.49. The second kappa shape index (κ2) is 9.59. The van der Waals surface area contributed by atoms with Crippen molar-refractivity contribution < 1.29 is 38.1 Å². The van der Waals surface area contributed by atoms with E-state index >= 15 is 0 Å². The largest absolute Gasteiger partial charge is 0.456 e. The SMILES string of the molecule is CC(=O)NC1C(OC(C)=O)[C@H](OC(C)=O)C(CN=[N+]=[N-])O[C@H]1OC(C)=O. The molecule has 0 aromatic carbocycles. The van der Waals surface area contributed by atoms with Gasteiger partial charge in [-0.05, 0) is 5.53 Å². The van der Waals surface area contributed by atoms with E-state index in [2.05, 4.69) is 15.3 Å². The summed E-state index contributed by atoms with van der Waals surface area (Å²) in [7, 11) is 0. The van der Waals surface area contributed by atoms with Gasteiger partial charge in [0.25, 0.3) is 0 Å². The Hall–Kier alpha value is -2.85. The predicted octanol–water partition coefficient (Wildman–Crippen LogP) is -0.0472. The minimum absolute atomic E-state index is 0.295. The van der Waals surface area contributed by atoms with Crippen LogP contribution < -0.4 is 5.32 Å². The molecule has 12 nitrogen and oxygen atoms in total. The molecule has 0 saturated carbocycles. The molecule has 0 aromatic heterocycles. The molecule has 12 heteroatoms. The molecule has 0 spiro atoms. The summed E-state index contributed by atoms with van der Waals surface area (Å²) >= 11 is 0. The van der Waals surface area contributed by atoms with Gasteiger partial charge < -0.3 is 24.3 Å². The van der Waals surface area contributed by atoms with Crippen LogP contribution in [0.3, 0.4) is 0 Å². The number of azide groups is 1. The first-order chi connectivity index (χ1) is 12.1. The molecule has 1 heterocycles. The Morgan fingerprint density at radius 2 is 1.54 bits per heavy atom. The van der Waals surface area contributed by atoms with E-state index in [-0.39, 0.29) is 6.54 Å². The lowest BCUT2D eigenvalue weighted by Gasteiger charge is -2.44. The maximum atomic E-state index is 11.5. The lowest BCUT2D eigenvalue weighted by molar-refractivity contribution is -0.262. The van der Waals surface area contributed by atoms with Crippen LogP contribution in [0.15, 0.2) is 5.11 Å². The summed E-state index contributed by atoms with van der Waals surface area (Å²) in [5.74, 6) is -2.69. The minimum atomic E-state index is -1.36. The number of amides is 1. The highest BCUT2D eigenvalue weighted by molar-refractivity contribution is 5.74. The van der Waals surface area contributed by atoms with E-state index in [9.17, 15) is 19.2 Å². The quantitative estimate of drug-likeness (QED) is 0.223. The third kappa shape index (κ3) is 6.22. The fourth-order valence-electron chi connectivity index (χ4n) is 2.49. The van der Waals surface area contributed by atoms with E-state index in [0.717, 1.165) is 20.8 Å². The van der Waals surface area contributed by atoms with Crippen molar-refractivity contribution in [1.29, 1.82) is 0 Å². The van der Waals surface area contributed by atoms with Gasteiger partial charge in [-0.1, -0.05) is 5.11 Å². The van der Waals surface area contributed by atoms with Gasteiger partial charge in [0, 0.05) is 32.6 Å². The smallest absolute Gasteiger partial charge is 0.305 e. The van der Waals surface area contributed by atoms with Crippen LogP contribution in [-0.2, 0) is 38.1 Å². The summed E-state index contributed by atoms with van der Waals surface area (Å²) in [5, 5.41) is 5.82. The molecule has 26 heavy (non-hydrogen) atoms. The van der Waals surface area contributed by atoms with Gasteiger partial charge in [0.2, 0.25) is 12.2 Å². The number of ether oxygens (including phenoxy) is 4. The molecule has 1 rings (SSSR count). The molecule has 0 aromatic rings. The highest BCUT2D eigenvalue weighted by atomic mass is 16.7. The Labute approximate surface area is 148 Å². The highest BCUT2D eigenvalue weighted by Gasteiger charge is 2.51. The molecule has 1 aliphatic heterocycles. The fraction of sp³-hybridized carbons (Fsp3) is 0.714. The van der Waals surface area contributed by atoms with Crippen LogP contribution in [-0.4, -0.2) is 61.0 Å². The van der Waals surface area contributed by atoms with Gasteiger partial charge in [-0.3, -0.25) is 19.2 Å². The van der Waals surface area contributed by atoms with Crippen LogP contribution in [0.4, 0.5) is 0 Å². The van der Waals surface area contributed by atoms with Gasteiger partial charge in [-0.15, -0.1) is 0 Å². The Morgan fingerprint density at radius 3 is 2.00 bits per heavy atom. The van der Waals surface area contributed by atoms with Crippen molar-refractivity contribution >= 4 is 23.8 Å². The van der Waals surface area contributed by atoms with Crippen molar-refractivity contribution in [3.05, 3.63) is 10.4 Å².